The number of halogens is 1. The summed E-state index contributed by atoms with van der Waals surface area (Å²) in [5, 5.41) is 0.487. The Morgan fingerprint density at radius 3 is 2.62 bits per heavy atom. The van der Waals surface area contributed by atoms with E-state index in [9.17, 15) is 9.18 Å². The van der Waals surface area contributed by atoms with Crippen LogP contribution in [0.4, 0.5) is 4.39 Å². The predicted molar refractivity (Wildman–Crippen MR) is 94.7 cm³/mol. The Bertz CT molecular complexity index is 860. The van der Waals surface area contributed by atoms with Gasteiger partial charge in [0, 0.05) is 36.4 Å². The molecule has 1 heterocycles. The number of rotatable bonds is 5. The first-order valence-corrected chi connectivity index (χ1v) is 8.41. The normalized spacial score (nSPS) is 11.0. The van der Waals surface area contributed by atoms with E-state index in [-0.39, 0.29) is 18.3 Å². The quantitative estimate of drug-likeness (QED) is 0.684. The minimum Gasteiger partial charge on any atom is -0.380 e. The van der Waals surface area contributed by atoms with Crippen LogP contribution in [0.3, 0.4) is 0 Å². The average Bonchev–Trinajstić information content (AvgIpc) is 2.95. The molecule has 0 radical (unpaired) electrons. The number of carbonyl (C=O) groups is 1. The highest BCUT2D eigenvalue weighted by Gasteiger charge is 2.23. The Morgan fingerprint density at radius 2 is 1.92 bits per heavy atom. The molecule has 0 atom stereocenters. The number of amides is 1. The Hall–Kier alpha value is -2.24. The molecule has 0 saturated carbocycles. The standard InChI is InChI=1S/C19H18FNO2S/c1-21(11-13-7-4-3-5-8-13)19(22)18-14(12-23-2)17-15(20)9-6-10-16(17)24-18/h3-10H,11-12H2,1-2H3. The Balaban J connectivity index is 1.97. The fourth-order valence-electron chi connectivity index (χ4n) is 2.72. The number of methoxy groups -OCH3 is 1. The molecule has 3 aromatic rings. The maximum absolute atomic E-state index is 14.2. The van der Waals surface area contributed by atoms with Crippen molar-refractivity contribution in [2.24, 2.45) is 0 Å². The lowest BCUT2D eigenvalue weighted by atomic mass is 10.1. The summed E-state index contributed by atoms with van der Waals surface area (Å²) in [7, 11) is 3.30. The van der Waals surface area contributed by atoms with Crippen LogP contribution in [-0.2, 0) is 17.9 Å². The molecule has 0 saturated heterocycles. The van der Waals surface area contributed by atoms with Crippen molar-refractivity contribution >= 4 is 27.3 Å². The van der Waals surface area contributed by atoms with Gasteiger partial charge in [-0.25, -0.2) is 4.39 Å². The van der Waals surface area contributed by atoms with Gasteiger partial charge in [-0.1, -0.05) is 36.4 Å². The Morgan fingerprint density at radius 1 is 1.17 bits per heavy atom. The number of fused-ring (bicyclic) bond motifs is 1. The average molecular weight is 343 g/mol. The van der Waals surface area contributed by atoms with Crippen molar-refractivity contribution in [3.05, 3.63) is 70.4 Å². The molecule has 1 aromatic heterocycles. The van der Waals surface area contributed by atoms with Gasteiger partial charge in [-0.15, -0.1) is 11.3 Å². The number of carbonyl (C=O) groups excluding carboxylic acids is 1. The van der Waals surface area contributed by atoms with Crippen LogP contribution < -0.4 is 0 Å². The molecule has 3 nitrogen and oxygen atoms in total. The molecule has 1 amide bonds. The van der Waals surface area contributed by atoms with E-state index in [1.165, 1.54) is 17.4 Å². The van der Waals surface area contributed by atoms with Crippen molar-refractivity contribution in [1.29, 1.82) is 0 Å². The second-order valence-corrected chi connectivity index (χ2v) is 6.65. The third-order valence-corrected chi connectivity index (χ3v) is 5.04. The first-order valence-electron chi connectivity index (χ1n) is 7.60. The fraction of sp³-hybridized carbons (Fsp3) is 0.211. The van der Waals surface area contributed by atoms with Crippen LogP contribution in [0.1, 0.15) is 20.8 Å². The second kappa shape index (κ2) is 7.11. The molecule has 0 aliphatic carbocycles. The minimum absolute atomic E-state index is 0.119. The first-order chi connectivity index (χ1) is 11.6. The third-order valence-electron chi connectivity index (χ3n) is 3.86. The van der Waals surface area contributed by atoms with Gasteiger partial charge in [0.15, 0.2) is 0 Å². The highest BCUT2D eigenvalue weighted by atomic mass is 32.1. The van der Waals surface area contributed by atoms with Gasteiger partial charge in [-0.3, -0.25) is 4.79 Å². The molecule has 0 aliphatic rings. The van der Waals surface area contributed by atoms with Crippen LogP contribution in [-0.4, -0.2) is 25.0 Å². The van der Waals surface area contributed by atoms with E-state index in [0.717, 1.165) is 10.3 Å². The summed E-state index contributed by atoms with van der Waals surface area (Å²) in [6, 6.07) is 14.7. The van der Waals surface area contributed by atoms with Crippen LogP contribution in [0.25, 0.3) is 10.1 Å². The van der Waals surface area contributed by atoms with Gasteiger partial charge in [-0.2, -0.15) is 0 Å². The van der Waals surface area contributed by atoms with E-state index in [2.05, 4.69) is 0 Å². The fourth-order valence-corrected chi connectivity index (χ4v) is 3.94. The molecule has 3 rings (SSSR count). The Kier molecular flexibility index (Phi) is 4.92. The van der Waals surface area contributed by atoms with Gasteiger partial charge < -0.3 is 9.64 Å². The maximum Gasteiger partial charge on any atom is 0.264 e. The molecular weight excluding hydrogens is 325 g/mol. The molecule has 2 aromatic carbocycles. The Labute approximate surface area is 144 Å². The maximum atomic E-state index is 14.2. The second-order valence-electron chi connectivity index (χ2n) is 5.60. The molecule has 0 fully saturated rings. The monoisotopic (exact) mass is 343 g/mol. The van der Waals surface area contributed by atoms with E-state index in [1.54, 1.807) is 25.1 Å². The van der Waals surface area contributed by atoms with E-state index >= 15 is 0 Å². The summed E-state index contributed by atoms with van der Waals surface area (Å²) in [4.78, 5) is 15.1. The van der Waals surface area contributed by atoms with Crippen LogP contribution in [0, 0.1) is 5.82 Å². The summed E-state index contributed by atoms with van der Waals surface area (Å²) in [6.45, 7) is 0.712. The van der Waals surface area contributed by atoms with Crippen LogP contribution in [0.15, 0.2) is 48.5 Å². The number of thiophene rings is 1. The zero-order valence-corrected chi connectivity index (χ0v) is 14.4. The van der Waals surface area contributed by atoms with E-state index in [0.29, 0.717) is 22.4 Å². The summed E-state index contributed by atoms with van der Waals surface area (Å²) >= 11 is 1.31. The van der Waals surface area contributed by atoms with Gasteiger partial charge in [0.05, 0.1) is 11.5 Å². The zero-order valence-electron chi connectivity index (χ0n) is 13.6. The minimum atomic E-state index is -0.319. The number of ether oxygens (including phenoxy) is 1. The van der Waals surface area contributed by atoms with Gasteiger partial charge in [0.1, 0.15) is 5.82 Å². The van der Waals surface area contributed by atoms with Gasteiger partial charge in [0.25, 0.3) is 5.91 Å². The molecule has 124 valence electrons. The van der Waals surface area contributed by atoms with Crippen molar-refractivity contribution in [1.82, 2.24) is 4.90 Å². The molecule has 0 aliphatic heterocycles. The number of nitrogens with zero attached hydrogens (tertiary/aromatic N) is 1. The summed E-state index contributed by atoms with van der Waals surface area (Å²) in [6.07, 6.45) is 0. The first kappa shape index (κ1) is 16.6. The summed E-state index contributed by atoms with van der Waals surface area (Å²) in [5.41, 5.74) is 1.68. The van der Waals surface area contributed by atoms with Crippen molar-refractivity contribution in [3.63, 3.8) is 0 Å². The number of hydrogen-bond acceptors (Lipinski definition) is 3. The topological polar surface area (TPSA) is 29.5 Å². The van der Waals surface area contributed by atoms with Gasteiger partial charge >= 0.3 is 0 Å². The lowest BCUT2D eigenvalue weighted by molar-refractivity contribution is 0.0785. The van der Waals surface area contributed by atoms with Crippen LogP contribution in [0.2, 0.25) is 0 Å². The molecule has 0 bridgehead atoms. The SMILES string of the molecule is COCc1c(C(=O)N(C)Cc2ccccc2)sc2cccc(F)c12. The summed E-state index contributed by atoms with van der Waals surface area (Å²) < 4.78 is 20.2. The number of hydrogen-bond donors (Lipinski definition) is 0. The van der Waals surface area contributed by atoms with Crippen LogP contribution in [0.5, 0.6) is 0 Å². The largest absolute Gasteiger partial charge is 0.380 e. The molecular formula is C19H18FNO2S. The molecule has 5 heteroatoms. The predicted octanol–water partition coefficient (Wildman–Crippen LogP) is 4.46. The van der Waals surface area contributed by atoms with Crippen LogP contribution >= 0.6 is 11.3 Å². The van der Waals surface area contributed by atoms with Gasteiger partial charge in [-0.05, 0) is 17.7 Å². The van der Waals surface area contributed by atoms with Crippen molar-refractivity contribution in [3.8, 4) is 0 Å². The summed E-state index contributed by atoms with van der Waals surface area (Å²) in [5.74, 6) is -0.438. The highest BCUT2D eigenvalue weighted by Crippen LogP contribution is 2.34. The van der Waals surface area contributed by atoms with Gasteiger partial charge in [0.2, 0.25) is 0 Å². The lowest BCUT2D eigenvalue weighted by Crippen LogP contribution is -2.26. The van der Waals surface area contributed by atoms with Crippen molar-refractivity contribution in [2.45, 2.75) is 13.2 Å². The highest BCUT2D eigenvalue weighted by molar-refractivity contribution is 7.21. The van der Waals surface area contributed by atoms with E-state index in [4.69, 9.17) is 4.74 Å². The third kappa shape index (κ3) is 3.18. The zero-order chi connectivity index (χ0) is 17.1. The molecule has 0 spiro atoms. The molecule has 24 heavy (non-hydrogen) atoms. The van der Waals surface area contributed by atoms with E-state index in [1.807, 2.05) is 36.4 Å². The number of benzene rings is 2. The lowest BCUT2D eigenvalue weighted by Gasteiger charge is -2.17. The molecule has 0 N–H and O–H groups in total. The van der Waals surface area contributed by atoms with Crippen molar-refractivity contribution in [2.75, 3.05) is 14.2 Å². The van der Waals surface area contributed by atoms with E-state index < -0.39 is 0 Å². The van der Waals surface area contributed by atoms with Crippen molar-refractivity contribution < 1.29 is 13.9 Å². The molecule has 0 unspecified atom stereocenters. The smallest absolute Gasteiger partial charge is 0.264 e.